The number of aliphatic hydroxyl groups is 1. The van der Waals surface area contributed by atoms with E-state index >= 15 is 0 Å². The molecule has 3 aliphatic rings. The molecule has 1 aliphatic heterocycles. The molecule has 2 saturated carbocycles. The number of piperidine rings is 1. The van der Waals surface area contributed by atoms with E-state index in [0.717, 1.165) is 63.7 Å². The van der Waals surface area contributed by atoms with Crippen LogP contribution < -0.4 is 5.32 Å². The minimum atomic E-state index is -0.0947. The van der Waals surface area contributed by atoms with Crippen LogP contribution >= 0.6 is 0 Å². The lowest BCUT2D eigenvalue weighted by molar-refractivity contribution is -0.122. The maximum Gasteiger partial charge on any atom is 0.220 e. The van der Waals surface area contributed by atoms with Crippen molar-refractivity contribution in [2.45, 2.75) is 57.5 Å². The van der Waals surface area contributed by atoms with E-state index < -0.39 is 0 Å². The number of amides is 1. The van der Waals surface area contributed by atoms with Crippen molar-refractivity contribution in [3.8, 4) is 0 Å². The van der Waals surface area contributed by atoms with Crippen LogP contribution in [0.1, 0.15) is 51.4 Å². The number of likely N-dealkylation sites (tertiary alicyclic amines) is 1. The summed E-state index contributed by atoms with van der Waals surface area (Å²) in [5.74, 6) is 2.72. The summed E-state index contributed by atoms with van der Waals surface area (Å²) in [6, 6.07) is 0. The highest BCUT2D eigenvalue weighted by Gasteiger charge is 2.39. The molecular formula is C17H30N2O2. The summed E-state index contributed by atoms with van der Waals surface area (Å²) < 4.78 is 0. The van der Waals surface area contributed by atoms with Gasteiger partial charge in [0, 0.05) is 26.1 Å². The average Bonchev–Trinajstić information content (AvgIpc) is 3.08. The van der Waals surface area contributed by atoms with E-state index in [-0.39, 0.29) is 12.0 Å². The van der Waals surface area contributed by atoms with Crippen LogP contribution in [0.25, 0.3) is 0 Å². The number of nitrogens with zero attached hydrogens (tertiary/aromatic N) is 1. The Balaban J connectivity index is 1.25. The Labute approximate surface area is 128 Å². The zero-order valence-corrected chi connectivity index (χ0v) is 13.1. The fraction of sp³-hybridized carbons (Fsp3) is 0.941. The largest absolute Gasteiger partial charge is 0.393 e. The van der Waals surface area contributed by atoms with Gasteiger partial charge in [-0.1, -0.05) is 6.42 Å². The van der Waals surface area contributed by atoms with E-state index in [1.54, 1.807) is 0 Å². The Morgan fingerprint density at radius 2 is 1.95 bits per heavy atom. The first kappa shape index (κ1) is 15.3. The van der Waals surface area contributed by atoms with Gasteiger partial charge in [0.15, 0.2) is 0 Å². The van der Waals surface area contributed by atoms with Gasteiger partial charge in [0.1, 0.15) is 0 Å². The fourth-order valence-electron chi connectivity index (χ4n) is 4.61. The first-order chi connectivity index (χ1) is 10.2. The normalized spacial score (nSPS) is 33.5. The standard InChI is InChI=1S/C17H30N2O2/c20-16-4-8-19(9-5-16)7-1-6-18-17(21)12-15-11-13-2-3-14(15)10-13/h13-16,20H,1-12H2,(H,18,21). The number of carbonyl (C=O) groups excluding carboxylic acids is 1. The third-order valence-electron chi connectivity index (χ3n) is 5.86. The van der Waals surface area contributed by atoms with E-state index in [2.05, 4.69) is 10.2 Å². The first-order valence-corrected chi connectivity index (χ1v) is 8.88. The zero-order valence-electron chi connectivity index (χ0n) is 13.1. The number of carbonyl (C=O) groups is 1. The van der Waals surface area contributed by atoms with Crippen LogP contribution in [0.2, 0.25) is 0 Å². The summed E-state index contributed by atoms with van der Waals surface area (Å²) in [5.41, 5.74) is 0. The molecule has 1 saturated heterocycles. The molecular weight excluding hydrogens is 264 g/mol. The molecule has 0 aromatic rings. The van der Waals surface area contributed by atoms with Crippen LogP contribution in [0.3, 0.4) is 0 Å². The smallest absolute Gasteiger partial charge is 0.220 e. The summed E-state index contributed by atoms with van der Waals surface area (Å²) in [7, 11) is 0. The van der Waals surface area contributed by atoms with E-state index in [1.165, 1.54) is 25.7 Å². The molecule has 2 aliphatic carbocycles. The molecule has 4 nitrogen and oxygen atoms in total. The second-order valence-corrected chi connectivity index (χ2v) is 7.42. The Kier molecular flexibility index (Phi) is 5.17. The quantitative estimate of drug-likeness (QED) is 0.734. The number of nitrogens with one attached hydrogen (secondary N) is 1. The molecule has 3 rings (SSSR count). The van der Waals surface area contributed by atoms with E-state index in [4.69, 9.17) is 0 Å². The summed E-state index contributed by atoms with van der Waals surface area (Å²) >= 11 is 0. The molecule has 1 heterocycles. The number of hydrogen-bond acceptors (Lipinski definition) is 3. The van der Waals surface area contributed by atoms with Crippen molar-refractivity contribution in [3.63, 3.8) is 0 Å². The molecule has 21 heavy (non-hydrogen) atoms. The van der Waals surface area contributed by atoms with Gasteiger partial charge < -0.3 is 15.3 Å². The lowest BCUT2D eigenvalue weighted by Gasteiger charge is -2.29. The molecule has 120 valence electrons. The van der Waals surface area contributed by atoms with Crippen molar-refractivity contribution in [2.24, 2.45) is 17.8 Å². The average molecular weight is 294 g/mol. The van der Waals surface area contributed by atoms with Gasteiger partial charge in [0.05, 0.1) is 6.10 Å². The second-order valence-electron chi connectivity index (χ2n) is 7.42. The van der Waals surface area contributed by atoms with Gasteiger partial charge in [-0.05, 0) is 62.8 Å². The van der Waals surface area contributed by atoms with Gasteiger partial charge in [-0.2, -0.15) is 0 Å². The topological polar surface area (TPSA) is 52.6 Å². The van der Waals surface area contributed by atoms with Gasteiger partial charge in [0.2, 0.25) is 5.91 Å². The zero-order chi connectivity index (χ0) is 14.7. The van der Waals surface area contributed by atoms with Crippen LogP contribution in [-0.4, -0.2) is 48.2 Å². The summed E-state index contributed by atoms with van der Waals surface area (Å²) in [6.07, 6.45) is 8.95. The van der Waals surface area contributed by atoms with Gasteiger partial charge in [0.25, 0.3) is 0 Å². The van der Waals surface area contributed by atoms with Crippen LogP contribution in [0.5, 0.6) is 0 Å². The molecule has 0 aromatic carbocycles. The Morgan fingerprint density at radius 3 is 2.62 bits per heavy atom. The molecule has 1 amide bonds. The maximum atomic E-state index is 12.0. The molecule has 2 bridgehead atoms. The first-order valence-electron chi connectivity index (χ1n) is 8.88. The molecule has 0 spiro atoms. The summed E-state index contributed by atoms with van der Waals surface area (Å²) in [6.45, 7) is 3.85. The van der Waals surface area contributed by atoms with E-state index in [0.29, 0.717) is 5.92 Å². The predicted octanol–water partition coefficient (Wildman–Crippen LogP) is 1.78. The van der Waals surface area contributed by atoms with Gasteiger partial charge in [-0.15, -0.1) is 0 Å². The molecule has 0 radical (unpaired) electrons. The minimum Gasteiger partial charge on any atom is -0.393 e. The molecule has 3 unspecified atom stereocenters. The van der Waals surface area contributed by atoms with Crippen molar-refractivity contribution in [1.29, 1.82) is 0 Å². The van der Waals surface area contributed by atoms with Crippen molar-refractivity contribution in [1.82, 2.24) is 10.2 Å². The number of aliphatic hydroxyl groups excluding tert-OH is 1. The third kappa shape index (κ3) is 4.19. The van der Waals surface area contributed by atoms with Crippen molar-refractivity contribution in [3.05, 3.63) is 0 Å². The number of fused-ring (bicyclic) bond motifs is 2. The fourth-order valence-corrected chi connectivity index (χ4v) is 4.61. The third-order valence-corrected chi connectivity index (χ3v) is 5.86. The summed E-state index contributed by atoms with van der Waals surface area (Å²) in [4.78, 5) is 14.4. The van der Waals surface area contributed by atoms with E-state index in [9.17, 15) is 9.90 Å². The molecule has 4 heteroatoms. The highest BCUT2D eigenvalue weighted by molar-refractivity contribution is 5.76. The molecule has 3 fully saturated rings. The van der Waals surface area contributed by atoms with Crippen LogP contribution in [0.4, 0.5) is 0 Å². The van der Waals surface area contributed by atoms with Crippen molar-refractivity contribution >= 4 is 5.91 Å². The van der Waals surface area contributed by atoms with Crippen molar-refractivity contribution < 1.29 is 9.90 Å². The monoisotopic (exact) mass is 294 g/mol. The van der Waals surface area contributed by atoms with E-state index in [1.807, 2.05) is 0 Å². The predicted molar refractivity (Wildman–Crippen MR) is 82.9 cm³/mol. The number of hydrogen-bond donors (Lipinski definition) is 2. The maximum absolute atomic E-state index is 12.0. The summed E-state index contributed by atoms with van der Waals surface area (Å²) in [5, 5.41) is 12.6. The Bertz CT molecular complexity index is 353. The van der Waals surface area contributed by atoms with Crippen LogP contribution in [0.15, 0.2) is 0 Å². The van der Waals surface area contributed by atoms with Gasteiger partial charge in [-0.25, -0.2) is 0 Å². The lowest BCUT2D eigenvalue weighted by Crippen LogP contribution is -2.37. The van der Waals surface area contributed by atoms with Gasteiger partial charge >= 0.3 is 0 Å². The minimum absolute atomic E-state index is 0.0947. The Morgan fingerprint density at radius 1 is 1.14 bits per heavy atom. The highest BCUT2D eigenvalue weighted by atomic mass is 16.3. The number of rotatable bonds is 6. The highest BCUT2D eigenvalue weighted by Crippen LogP contribution is 2.49. The van der Waals surface area contributed by atoms with Crippen molar-refractivity contribution in [2.75, 3.05) is 26.2 Å². The molecule has 3 atom stereocenters. The molecule has 2 N–H and O–H groups in total. The molecule has 0 aromatic heterocycles. The second kappa shape index (κ2) is 7.10. The SMILES string of the molecule is O=C(CC1CC2CCC1C2)NCCCN1CCC(O)CC1. The van der Waals surface area contributed by atoms with Crippen LogP contribution in [0, 0.1) is 17.8 Å². The van der Waals surface area contributed by atoms with Gasteiger partial charge in [-0.3, -0.25) is 4.79 Å². The van der Waals surface area contributed by atoms with Crippen LogP contribution in [-0.2, 0) is 4.79 Å². The lowest BCUT2D eigenvalue weighted by atomic mass is 9.86. The Hall–Kier alpha value is -0.610.